The van der Waals surface area contributed by atoms with Crippen LogP contribution in [0.15, 0.2) is 29.0 Å². The number of oxazole rings is 1. The summed E-state index contributed by atoms with van der Waals surface area (Å²) in [5.41, 5.74) is 2.55. The maximum atomic E-state index is 9.40. The van der Waals surface area contributed by atoms with Crippen LogP contribution in [0.25, 0.3) is 11.1 Å². The van der Waals surface area contributed by atoms with Gasteiger partial charge in [0, 0.05) is 0 Å². The SMILES string of the molecule is CN(C)C(c1ccc2ncoc2c1)C1(C#N)CC1. The Morgan fingerprint density at radius 3 is 2.83 bits per heavy atom. The van der Waals surface area contributed by atoms with Gasteiger partial charge in [-0.2, -0.15) is 5.26 Å². The van der Waals surface area contributed by atoms with Gasteiger partial charge in [-0.3, -0.25) is 0 Å². The fraction of sp³-hybridized carbons (Fsp3) is 0.429. The quantitative estimate of drug-likeness (QED) is 0.829. The summed E-state index contributed by atoms with van der Waals surface area (Å²) >= 11 is 0. The van der Waals surface area contributed by atoms with Gasteiger partial charge in [0.1, 0.15) is 5.52 Å². The van der Waals surface area contributed by atoms with Gasteiger partial charge in [-0.15, -0.1) is 0 Å². The molecule has 18 heavy (non-hydrogen) atoms. The summed E-state index contributed by atoms with van der Waals surface area (Å²) in [4.78, 5) is 6.24. The first kappa shape index (κ1) is 11.2. The lowest BCUT2D eigenvalue weighted by Gasteiger charge is -2.28. The highest BCUT2D eigenvalue weighted by Gasteiger charge is 2.51. The average Bonchev–Trinajstić information content (AvgIpc) is 2.99. The van der Waals surface area contributed by atoms with Crippen LogP contribution in [0, 0.1) is 16.7 Å². The summed E-state index contributed by atoms with van der Waals surface area (Å²) in [6.07, 6.45) is 3.40. The Labute approximate surface area is 106 Å². The highest BCUT2D eigenvalue weighted by molar-refractivity contribution is 5.73. The molecule has 92 valence electrons. The molecule has 1 heterocycles. The fourth-order valence-electron chi connectivity index (χ4n) is 2.73. The van der Waals surface area contributed by atoms with Crippen LogP contribution in [0.3, 0.4) is 0 Å². The van der Waals surface area contributed by atoms with Crippen LogP contribution in [-0.2, 0) is 0 Å². The molecule has 0 radical (unpaired) electrons. The summed E-state index contributed by atoms with van der Waals surface area (Å²) in [5.74, 6) is 0. The summed E-state index contributed by atoms with van der Waals surface area (Å²) in [7, 11) is 4.04. The van der Waals surface area contributed by atoms with E-state index in [2.05, 4.69) is 16.0 Å². The number of hydrogen-bond acceptors (Lipinski definition) is 4. The highest BCUT2D eigenvalue weighted by Crippen LogP contribution is 2.56. The van der Waals surface area contributed by atoms with E-state index in [4.69, 9.17) is 4.42 Å². The summed E-state index contributed by atoms with van der Waals surface area (Å²) in [5, 5.41) is 9.40. The van der Waals surface area contributed by atoms with E-state index in [1.165, 1.54) is 6.39 Å². The van der Waals surface area contributed by atoms with E-state index >= 15 is 0 Å². The number of fused-ring (bicyclic) bond motifs is 1. The van der Waals surface area contributed by atoms with Crippen LogP contribution in [0.1, 0.15) is 24.4 Å². The van der Waals surface area contributed by atoms with E-state index < -0.39 is 0 Å². The van der Waals surface area contributed by atoms with Gasteiger partial charge in [0.25, 0.3) is 0 Å². The van der Waals surface area contributed by atoms with Crippen molar-refractivity contribution in [1.82, 2.24) is 9.88 Å². The third-order valence-electron chi connectivity index (χ3n) is 3.72. The molecular formula is C14H15N3O. The zero-order valence-corrected chi connectivity index (χ0v) is 10.6. The van der Waals surface area contributed by atoms with Gasteiger partial charge in [0.2, 0.25) is 0 Å². The number of nitrogens with zero attached hydrogens (tertiary/aromatic N) is 3. The van der Waals surface area contributed by atoms with Gasteiger partial charge in [0.05, 0.1) is 17.5 Å². The Bertz CT molecular complexity index is 619. The number of benzene rings is 1. The molecule has 2 aromatic rings. The largest absolute Gasteiger partial charge is 0.443 e. The molecule has 4 nitrogen and oxygen atoms in total. The first-order valence-corrected chi connectivity index (χ1v) is 6.07. The van der Waals surface area contributed by atoms with E-state index in [1.807, 2.05) is 32.3 Å². The molecule has 0 bridgehead atoms. The van der Waals surface area contributed by atoms with E-state index in [0.717, 1.165) is 29.5 Å². The molecule has 1 unspecified atom stereocenters. The van der Waals surface area contributed by atoms with E-state index in [-0.39, 0.29) is 11.5 Å². The number of hydrogen-bond donors (Lipinski definition) is 0. The molecule has 0 amide bonds. The van der Waals surface area contributed by atoms with Crippen LogP contribution in [0.2, 0.25) is 0 Å². The molecule has 1 aliphatic carbocycles. The van der Waals surface area contributed by atoms with Crippen molar-refractivity contribution in [2.24, 2.45) is 5.41 Å². The van der Waals surface area contributed by atoms with E-state index in [1.54, 1.807) is 0 Å². The molecule has 3 rings (SSSR count). The Morgan fingerprint density at radius 2 is 2.22 bits per heavy atom. The van der Waals surface area contributed by atoms with Crippen molar-refractivity contribution in [3.8, 4) is 6.07 Å². The third kappa shape index (κ3) is 1.59. The fourth-order valence-corrected chi connectivity index (χ4v) is 2.73. The minimum atomic E-state index is -0.225. The van der Waals surface area contributed by atoms with Crippen LogP contribution < -0.4 is 0 Å². The topological polar surface area (TPSA) is 53.1 Å². The number of aromatic nitrogens is 1. The standard InChI is InChI=1S/C14H15N3O/c1-17(2)13(14(8-15)5-6-14)10-3-4-11-12(7-10)18-9-16-11/h3-4,7,9,13H,5-6H2,1-2H3. The molecule has 1 aromatic carbocycles. The molecule has 1 aromatic heterocycles. The van der Waals surface area contributed by atoms with Gasteiger partial charge in [-0.1, -0.05) is 6.07 Å². The predicted molar refractivity (Wildman–Crippen MR) is 67.7 cm³/mol. The molecule has 4 heteroatoms. The Kier molecular flexibility index (Phi) is 2.39. The van der Waals surface area contributed by atoms with Crippen molar-refractivity contribution < 1.29 is 4.42 Å². The number of nitriles is 1. The molecule has 1 fully saturated rings. The lowest BCUT2D eigenvalue weighted by atomic mass is 9.90. The summed E-state index contributed by atoms with van der Waals surface area (Å²) in [6, 6.07) is 8.62. The molecule has 1 aliphatic rings. The maximum Gasteiger partial charge on any atom is 0.181 e. The zero-order chi connectivity index (χ0) is 12.8. The van der Waals surface area contributed by atoms with Crippen LogP contribution in [0.4, 0.5) is 0 Å². The molecule has 0 aliphatic heterocycles. The second kappa shape index (κ2) is 3.82. The summed E-state index contributed by atoms with van der Waals surface area (Å²) < 4.78 is 5.34. The molecule has 0 N–H and O–H groups in total. The zero-order valence-electron chi connectivity index (χ0n) is 10.6. The van der Waals surface area contributed by atoms with Gasteiger partial charge >= 0.3 is 0 Å². The predicted octanol–water partition coefficient (Wildman–Crippen LogP) is 2.73. The van der Waals surface area contributed by atoms with E-state index in [0.29, 0.717) is 0 Å². The molecule has 1 atom stereocenters. The smallest absolute Gasteiger partial charge is 0.181 e. The van der Waals surface area contributed by atoms with Crippen molar-refractivity contribution in [1.29, 1.82) is 5.26 Å². The van der Waals surface area contributed by atoms with Crippen molar-refractivity contribution in [2.45, 2.75) is 18.9 Å². The minimum absolute atomic E-state index is 0.122. The molecular weight excluding hydrogens is 226 g/mol. The molecule has 0 spiro atoms. The van der Waals surface area contributed by atoms with Crippen LogP contribution in [-0.4, -0.2) is 24.0 Å². The second-order valence-electron chi connectivity index (χ2n) is 5.21. The average molecular weight is 241 g/mol. The maximum absolute atomic E-state index is 9.40. The first-order chi connectivity index (χ1) is 8.66. The normalized spacial score (nSPS) is 18.8. The van der Waals surface area contributed by atoms with Gasteiger partial charge in [-0.05, 0) is 44.6 Å². The van der Waals surface area contributed by atoms with Crippen LogP contribution >= 0.6 is 0 Å². The Hall–Kier alpha value is -1.86. The monoisotopic (exact) mass is 241 g/mol. The van der Waals surface area contributed by atoms with Crippen molar-refractivity contribution in [3.05, 3.63) is 30.2 Å². The lowest BCUT2D eigenvalue weighted by molar-refractivity contribution is 0.232. The lowest BCUT2D eigenvalue weighted by Crippen LogP contribution is -2.27. The first-order valence-electron chi connectivity index (χ1n) is 6.07. The van der Waals surface area contributed by atoms with Gasteiger partial charge in [-0.25, -0.2) is 4.98 Å². The highest BCUT2D eigenvalue weighted by atomic mass is 16.3. The molecule has 0 saturated heterocycles. The third-order valence-corrected chi connectivity index (χ3v) is 3.72. The van der Waals surface area contributed by atoms with Crippen molar-refractivity contribution in [2.75, 3.05) is 14.1 Å². The molecule has 1 saturated carbocycles. The Balaban J connectivity index is 2.07. The van der Waals surface area contributed by atoms with Crippen molar-refractivity contribution in [3.63, 3.8) is 0 Å². The van der Waals surface area contributed by atoms with Crippen molar-refractivity contribution >= 4 is 11.1 Å². The minimum Gasteiger partial charge on any atom is -0.443 e. The van der Waals surface area contributed by atoms with Gasteiger partial charge < -0.3 is 9.32 Å². The second-order valence-corrected chi connectivity index (χ2v) is 5.21. The summed E-state index contributed by atoms with van der Waals surface area (Å²) in [6.45, 7) is 0. The Morgan fingerprint density at radius 1 is 1.44 bits per heavy atom. The van der Waals surface area contributed by atoms with Crippen LogP contribution in [0.5, 0.6) is 0 Å². The number of rotatable bonds is 3. The van der Waals surface area contributed by atoms with Gasteiger partial charge in [0.15, 0.2) is 12.0 Å². The van der Waals surface area contributed by atoms with E-state index in [9.17, 15) is 5.26 Å².